The van der Waals surface area contributed by atoms with Crippen molar-refractivity contribution in [2.45, 2.75) is 26.4 Å². The lowest BCUT2D eigenvalue weighted by Crippen LogP contribution is -2.47. The minimum absolute atomic E-state index is 0.311. The Labute approximate surface area is 114 Å². The van der Waals surface area contributed by atoms with Crippen LogP contribution in [-0.2, 0) is 11.3 Å². The van der Waals surface area contributed by atoms with Crippen molar-refractivity contribution in [1.29, 1.82) is 0 Å². The molecule has 1 rings (SSSR count). The molecule has 0 aliphatic heterocycles. The van der Waals surface area contributed by atoms with Gasteiger partial charge in [-0.15, -0.1) is 0 Å². The van der Waals surface area contributed by atoms with E-state index in [4.69, 9.17) is 0 Å². The first-order valence-electron chi connectivity index (χ1n) is 6.22. The van der Waals surface area contributed by atoms with E-state index in [2.05, 4.69) is 10.6 Å². The van der Waals surface area contributed by atoms with Crippen molar-refractivity contribution in [3.63, 3.8) is 0 Å². The second-order valence-electron chi connectivity index (χ2n) is 4.65. The topological polar surface area (TPSA) is 61.4 Å². The maximum Gasteiger partial charge on any atom is 0.321 e. The number of urea groups is 1. The lowest BCUT2D eigenvalue weighted by atomic mass is 10.1. The van der Waals surface area contributed by atoms with Crippen molar-refractivity contribution in [3.8, 4) is 0 Å². The van der Waals surface area contributed by atoms with Gasteiger partial charge in [0.15, 0.2) is 0 Å². The molecule has 0 aliphatic carbocycles. The van der Waals surface area contributed by atoms with E-state index in [0.717, 1.165) is 5.56 Å². The standard InChI is InChI=1S/C14H21N3O2/c1-10-5-7-12(8-6-10)9-17(4)11(2)13(18)16-14(19)15-3/h5-8,11H,9H2,1-4H3,(H2,15,16,18,19)/t11-/m0/s1. The highest BCUT2D eigenvalue weighted by molar-refractivity contribution is 5.96. The van der Waals surface area contributed by atoms with Gasteiger partial charge in [0.2, 0.25) is 5.91 Å². The summed E-state index contributed by atoms with van der Waals surface area (Å²) in [7, 11) is 3.33. The zero-order valence-corrected chi connectivity index (χ0v) is 11.9. The van der Waals surface area contributed by atoms with E-state index in [0.29, 0.717) is 6.54 Å². The van der Waals surface area contributed by atoms with Crippen LogP contribution in [0.2, 0.25) is 0 Å². The monoisotopic (exact) mass is 263 g/mol. The molecule has 1 aromatic rings. The van der Waals surface area contributed by atoms with E-state index >= 15 is 0 Å². The molecule has 0 spiro atoms. The fraction of sp³-hybridized carbons (Fsp3) is 0.429. The summed E-state index contributed by atoms with van der Waals surface area (Å²) in [6.45, 7) is 4.46. The predicted molar refractivity (Wildman–Crippen MR) is 74.7 cm³/mol. The Balaban J connectivity index is 2.56. The van der Waals surface area contributed by atoms with E-state index in [-0.39, 0.29) is 11.9 Å². The summed E-state index contributed by atoms with van der Waals surface area (Å²) in [6, 6.07) is 7.29. The Bertz CT molecular complexity index is 443. The highest BCUT2D eigenvalue weighted by Gasteiger charge is 2.19. The molecule has 0 saturated heterocycles. The summed E-state index contributed by atoms with van der Waals surface area (Å²) in [4.78, 5) is 24.8. The van der Waals surface area contributed by atoms with Crippen LogP contribution in [-0.4, -0.2) is 37.0 Å². The van der Waals surface area contributed by atoms with Gasteiger partial charge >= 0.3 is 6.03 Å². The SMILES string of the molecule is CNC(=O)NC(=O)[C@H](C)N(C)Cc1ccc(C)cc1. The Kier molecular flexibility index (Phi) is 5.51. The van der Waals surface area contributed by atoms with Crippen LogP contribution in [0, 0.1) is 6.92 Å². The van der Waals surface area contributed by atoms with Gasteiger partial charge in [-0.05, 0) is 26.5 Å². The Morgan fingerprint density at radius 2 is 1.84 bits per heavy atom. The van der Waals surface area contributed by atoms with Crippen molar-refractivity contribution in [3.05, 3.63) is 35.4 Å². The zero-order valence-electron chi connectivity index (χ0n) is 11.9. The van der Waals surface area contributed by atoms with E-state index in [1.54, 1.807) is 6.92 Å². The molecule has 1 atom stereocenters. The number of nitrogens with one attached hydrogen (secondary N) is 2. The number of amides is 3. The third kappa shape index (κ3) is 4.71. The zero-order chi connectivity index (χ0) is 14.4. The van der Waals surface area contributed by atoms with E-state index in [1.165, 1.54) is 12.6 Å². The van der Waals surface area contributed by atoms with Gasteiger partial charge in [0.25, 0.3) is 0 Å². The molecular weight excluding hydrogens is 242 g/mol. The number of likely N-dealkylation sites (N-methyl/N-ethyl adjacent to an activating group) is 1. The molecule has 1 aromatic carbocycles. The second-order valence-corrected chi connectivity index (χ2v) is 4.65. The van der Waals surface area contributed by atoms with Crippen LogP contribution in [0.3, 0.4) is 0 Å². The fourth-order valence-electron chi connectivity index (χ4n) is 1.60. The quantitative estimate of drug-likeness (QED) is 0.860. The molecule has 19 heavy (non-hydrogen) atoms. The Hall–Kier alpha value is -1.88. The lowest BCUT2D eigenvalue weighted by molar-refractivity contribution is -0.124. The average Bonchev–Trinajstić information content (AvgIpc) is 2.40. The van der Waals surface area contributed by atoms with Gasteiger partial charge in [-0.1, -0.05) is 29.8 Å². The summed E-state index contributed by atoms with van der Waals surface area (Å²) in [5.74, 6) is -0.311. The molecule has 3 amide bonds. The lowest BCUT2D eigenvalue weighted by Gasteiger charge is -2.23. The maximum absolute atomic E-state index is 11.8. The third-order valence-corrected chi connectivity index (χ3v) is 3.06. The number of rotatable bonds is 4. The number of nitrogens with zero attached hydrogens (tertiary/aromatic N) is 1. The molecule has 2 N–H and O–H groups in total. The molecule has 104 valence electrons. The largest absolute Gasteiger partial charge is 0.341 e. The number of hydrogen-bond acceptors (Lipinski definition) is 3. The van der Waals surface area contributed by atoms with Crippen LogP contribution < -0.4 is 10.6 Å². The second kappa shape index (κ2) is 6.89. The number of imide groups is 1. The molecule has 5 nitrogen and oxygen atoms in total. The number of hydrogen-bond donors (Lipinski definition) is 2. The van der Waals surface area contributed by atoms with E-state index < -0.39 is 6.03 Å². The van der Waals surface area contributed by atoms with Crippen molar-refractivity contribution >= 4 is 11.9 Å². The molecule has 0 fully saturated rings. The molecule has 0 unspecified atom stereocenters. The van der Waals surface area contributed by atoms with Crippen LogP contribution in [0.1, 0.15) is 18.1 Å². The highest BCUT2D eigenvalue weighted by Crippen LogP contribution is 2.08. The minimum Gasteiger partial charge on any atom is -0.341 e. The summed E-state index contributed by atoms with van der Waals surface area (Å²) >= 11 is 0. The smallest absolute Gasteiger partial charge is 0.321 e. The number of benzene rings is 1. The number of carbonyl (C=O) groups is 2. The first-order valence-corrected chi connectivity index (χ1v) is 6.22. The van der Waals surface area contributed by atoms with Crippen molar-refractivity contribution in [1.82, 2.24) is 15.5 Å². The van der Waals surface area contributed by atoms with Crippen molar-refractivity contribution < 1.29 is 9.59 Å². The van der Waals surface area contributed by atoms with Gasteiger partial charge in [-0.2, -0.15) is 0 Å². The number of aryl methyl sites for hydroxylation is 1. The van der Waals surface area contributed by atoms with Gasteiger partial charge in [0, 0.05) is 13.6 Å². The van der Waals surface area contributed by atoms with Crippen LogP contribution in [0.4, 0.5) is 4.79 Å². The molecule has 0 aliphatic rings. The summed E-state index contributed by atoms with van der Waals surface area (Å²) in [5.41, 5.74) is 2.34. The molecule has 0 radical (unpaired) electrons. The van der Waals surface area contributed by atoms with Crippen LogP contribution >= 0.6 is 0 Å². The molecule has 0 aromatic heterocycles. The van der Waals surface area contributed by atoms with Crippen molar-refractivity contribution in [2.24, 2.45) is 0 Å². The molecule has 5 heteroatoms. The summed E-state index contributed by atoms with van der Waals surface area (Å²) < 4.78 is 0. The van der Waals surface area contributed by atoms with E-state index in [1.807, 2.05) is 43.1 Å². The summed E-state index contributed by atoms with van der Waals surface area (Å²) in [5, 5.41) is 4.63. The van der Waals surface area contributed by atoms with Crippen LogP contribution in [0.15, 0.2) is 24.3 Å². The highest BCUT2D eigenvalue weighted by atomic mass is 16.2. The molecular formula is C14H21N3O2. The van der Waals surface area contributed by atoms with Gasteiger partial charge in [0.05, 0.1) is 6.04 Å². The van der Waals surface area contributed by atoms with Crippen LogP contribution in [0.5, 0.6) is 0 Å². The van der Waals surface area contributed by atoms with Crippen LogP contribution in [0.25, 0.3) is 0 Å². The van der Waals surface area contributed by atoms with Crippen molar-refractivity contribution in [2.75, 3.05) is 14.1 Å². The Morgan fingerprint density at radius 1 is 1.26 bits per heavy atom. The van der Waals surface area contributed by atoms with Gasteiger partial charge in [0.1, 0.15) is 0 Å². The van der Waals surface area contributed by atoms with E-state index in [9.17, 15) is 9.59 Å². The fourth-order valence-corrected chi connectivity index (χ4v) is 1.60. The van der Waals surface area contributed by atoms with Gasteiger partial charge in [-0.25, -0.2) is 4.79 Å². The summed E-state index contributed by atoms with van der Waals surface area (Å²) in [6.07, 6.45) is 0. The normalized spacial score (nSPS) is 12.1. The molecule has 0 bridgehead atoms. The first kappa shape index (κ1) is 15.2. The minimum atomic E-state index is -0.486. The molecule has 0 saturated carbocycles. The van der Waals surface area contributed by atoms with Gasteiger partial charge in [-0.3, -0.25) is 15.0 Å². The molecule has 0 heterocycles. The number of carbonyl (C=O) groups excluding carboxylic acids is 2. The van der Waals surface area contributed by atoms with Gasteiger partial charge < -0.3 is 5.32 Å². The first-order chi connectivity index (χ1) is 8.93. The average molecular weight is 263 g/mol. The third-order valence-electron chi connectivity index (χ3n) is 3.06. The predicted octanol–water partition coefficient (Wildman–Crippen LogP) is 1.27. The maximum atomic E-state index is 11.8. The Morgan fingerprint density at radius 3 is 2.37 bits per heavy atom.